The van der Waals surface area contributed by atoms with E-state index >= 15 is 0 Å². The number of carbonyl (C=O) groups is 3. The van der Waals surface area contributed by atoms with Crippen LogP contribution in [-0.2, 0) is 46.7 Å². The van der Waals surface area contributed by atoms with Gasteiger partial charge in [0, 0.05) is 53.9 Å². The van der Waals surface area contributed by atoms with Crippen LogP contribution in [0.3, 0.4) is 0 Å². The fourth-order valence-corrected chi connectivity index (χ4v) is 6.48. The molecule has 69 heavy (non-hydrogen) atoms. The van der Waals surface area contributed by atoms with E-state index in [9.17, 15) is 14.4 Å². The van der Waals surface area contributed by atoms with Gasteiger partial charge in [0.2, 0.25) is 0 Å². The van der Waals surface area contributed by atoms with Crippen molar-refractivity contribution in [3.63, 3.8) is 0 Å². The Hall–Kier alpha value is -7.19. The molecule has 4 heterocycles. The summed E-state index contributed by atoms with van der Waals surface area (Å²) >= 11 is 3.70. The molecule has 0 amide bonds. The third-order valence-electron chi connectivity index (χ3n) is 10.0. The molecule has 6 aromatic rings. The van der Waals surface area contributed by atoms with E-state index in [-0.39, 0.29) is 54.9 Å². The first kappa shape index (κ1) is 56.1. The van der Waals surface area contributed by atoms with E-state index in [0.717, 1.165) is 29.9 Å². The minimum Gasteiger partial charge on any atom is -0.753 e. The number of hydrogen-bond acceptors (Lipinski definition) is 13. The van der Waals surface area contributed by atoms with E-state index in [1.54, 1.807) is 6.20 Å². The van der Waals surface area contributed by atoms with Crippen LogP contribution in [0.5, 0.6) is 17.2 Å². The number of aryl methyl sites for hydroxylation is 2. The first-order valence-corrected chi connectivity index (χ1v) is 22.4. The Morgan fingerprint density at radius 2 is 1.10 bits per heavy atom. The molecule has 6 rings (SSSR count). The van der Waals surface area contributed by atoms with E-state index in [0.29, 0.717) is 41.4 Å². The quantitative estimate of drug-likeness (QED) is 0.0189. The molecule has 0 aliphatic rings. The van der Waals surface area contributed by atoms with Crippen LogP contribution in [0.4, 0.5) is 17.1 Å². The van der Waals surface area contributed by atoms with E-state index in [2.05, 4.69) is 104 Å². The second-order valence-electron chi connectivity index (χ2n) is 16.1. The molecule has 4 aromatic heterocycles. The number of isothiocyanates is 1. The predicted molar refractivity (Wildman–Crippen MR) is 270 cm³/mol. The van der Waals surface area contributed by atoms with Crippen LogP contribution in [-0.4, -0.2) is 56.2 Å². The fraction of sp³-hybridized carbons (Fsp3) is 0.269. The van der Waals surface area contributed by atoms with Crippen LogP contribution >= 0.6 is 12.2 Å². The van der Waals surface area contributed by atoms with Crippen LogP contribution in [0.1, 0.15) is 90.0 Å². The van der Waals surface area contributed by atoms with Crippen molar-refractivity contribution in [2.45, 2.75) is 86.0 Å². The minimum atomic E-state index is -0.408. The number of nitrogens with zero attached hydrogens (tertiary/aromatic N) is 7. The molecular formula is C52H55N9O6RuS. The van der Waals surface area contributed by atoms with Crippen LogP contribution in [0.25, 0.3) is 33.9 Å². The van der Waals surface area contributed by atoms with E-state index < -0.39 is 5.41 Å². The summed E-state index contributed by atoms with van der Waals surface area (Å²) in [4.78, 5) is 55.6. The number of ether oxygens (including phenoxy) is 3. The molecule has 358 valence electrons. The monoisotopic (exact) mass is 1040 g/mol. The van der Waals surface area contributed by atoms with Gasteiger partial charge in [0.15, 0.2) is 0 Å². The SMILES string of the molecule is CCCCCc1ccc(N(c2ccc(CCCCC)cc2)c2ccc(C([NH-])=NC(=N)C(C)(C)C)nc2)cc1.O=COc1ccnc(-c2cc(OC=O)cc(-c3cc(OC=O)ccn3)n2)c1.[N-]=C=S.[Ru+2]. The van der Waals surface area contributed by atoms with Crippen molar-refractivity contribution in [2.75, 3.05) is 4.90 Å². The molecule has 0 atom stereocenters. The van der Waals surface area contributed by atoms with Gasteiger partial charge < -0.3 is 40.7 Å². The van der Waals surface area contributed by atoms with Crippen LogP contribution in [0, 0.1) is 10.8 Å². The normalized spacial score (nSPS) is 10.6. The Bertz CT molecular complexity index is 2510. The van der Waals surface area contributed by atoms with Gasteiger partial charge in [-0.2, -0.15) is 5.16 Å². The molecule has 0 saturated carbocycles. The summed E-state index contributed by atoms with van der Waals surface area (Å²) in [6.45, 7) is 11.1. The Labute approximate surface area is 421 Å². The van der Waals surface area contributed by atoms with Crippen LogP contribution in [0.2, 0.25) is 0 Å². The Morgan fingerprint density at radius 3 is 1.49 bits per heavy atom. The largest absolute Gasteiger partial charge is 2.00 e. The number of unbranched alkanes of at least 4 members (excludes halogenated alkanes) is 4. The Kier molecular flexibility index (Phi) is 24.0. The molecule has 0 saturated heterocycles. The summed E-state index contributed by atoms with van der Waals surface area (Å²) in [5.74, 6) is 0.945. The average molecular weight is 1040 g/mol. The van der Waals surface area contributed by atoms with Crippen molar-refractivity contribution in [3.8, 4) is 40.0 Å². The fourth-order valence-electron chi connectivity index (χ4n) is 6.48. The van der Waals surface area contributed by atoms with Crippen molar-refractivity contribution in [2.24, 2.45) is 10.4 Å². The van der Waals surface area contributed by atoms with Gasteiger partial charge in [0.05, 0.1) is 40.4 Å². The second kappa shape index (κ2) is 29.5. The standard InChI is InChI=1S/C33H44N5.C18H11N3O6.CNS.Ru/c1-6-8-10-12-25-14-18-27(19-15-25)38(28-20-16-26(17-21-28)13-11-9-7-2)29-22-23-30(36-24-29)31(34)37-32(35)33(3,4)5;22-9-25-12-1-3-19-15(5-12)17-7-14(27-11-24)8-18(21-17)16-6-13(26-10-23)2-4-20-16;2-1-3;/h14-24H,6-13H2,1-5H3,(H2-,34,35,37);1-11H;;/q-1;;-1;+2. The number of hydrogen-bond donors (Lipinski definition) is 1. The van der Waals surface area contributed by atoms with Gasteiger partial charge in [-0.3, -0.25) is 29.3 Å². The van der Waals surface area contributed by atoms with Crippen molar-refractivity contribution < 1.29 is 48.1 Å². The predicted octanol–water partition coefficient (Wildman–Crippen LogP) is 12.3. The number of carbonyl (C=O) groups excluding carboxylic acids is 3. The van der Waals surface area contributed by atoms with Crippen LogP contribution < -0.4 is 19.1 Å². The summed E-state index contributed by atoms with van der Waals surface area (Å²) in [6, 6.07) is 30.5. The molecule has 0 aliphatic carbocycles. The number of rotatable bonds is 20. The molecule has 15 nitrogen and oxygen atoms in total. The smallest absolute Gasteiger partial charge is 0.753 e. The summed E-state index contributed by atoms with van der Waals surface area (Å²) in [5, 5.41) is 16.6. The topological polar surface area (TPSA) is 216 Å². The molecule has 0 radical (unpaired) electrons. The maximum absolute atomic E-state index is 10.8. The number of benzene rings is 2. The van der Waals surface area contributed by atoms with E-state index in [1.807, 2.05) is 32.9 Å². The van der Waals surface area contributed by atoms with Gasteiger partial charge >= 0.3 is 19.5 Å². The zero-order valence-corrected chi connectivity index (χ0v) is 41.8. The zero-order valence-electron chi connectivity index (χ0n) is 39.2. The summed E-state index contributed by atoms with van der Waals surface area (Å²) in [7, 11) is 0. The number of pyridine rings is 4. The van der Waals surface area contributed by atoms with Crippen molar-refractivity contribution in [3.05, 3.63) is 144 Å². The third-order valence-corrected chi connectivity index (χ3v) is 10.0. The van der Waals surface area contributed by atoms with Crippen molar-refractivity contribution in [1.29, 1.82) is 5.41 Å². The number of amidine groups is 2. The van der Waals surface area contributed by atoms with Gasteiger partial charge in [-0.15, -0.1) is 0 Å². The molecule has 0 spiro atoms. The van der Waals surface area contributed by atoms with Gasteiger partial charge in [-0.1, -0.05) is 96.8 Å². The molecule has 0 fully saturated rings. The molecule has 0 unspecified atom stereocenters. The van der Waals surface area contributed by atoms with Gasteiger partial charge in [-0.05, 0) is 96.6 Å². The molecule has 0 aliphatic heterocycles. The van der Waals surface area contributed by atoms with Gasteiger partial charge in [-0.25, -0.2) is 4.98 Å². The first-order chi connectivity index (χ1) is 32.9. The maximum Gasteiger partial charge on any atom is 2.00 e. The molecule has 17 heteroatoms. The number of thiocarbonyl (C=S) groups is 1. The summed E-state index contributed by atoms with van der Waals surface area (Å²) < 4.78 is 14.5. The number of aromatic nitrogens is 4. The number of anilines is 3. The van der Waals surface area contributed by atoms with Crippen molar-refractivity contribution >= 4 is 65.5 Å². The van der Waals surface area contributed by atoms with E-state index in [1.165, 1.54) is 104 Å². The Morgan fingerprint density at radius 1 is 0.681 bits per heavy atom. The number of aliphatic imine (C=N–C) groups is 1. The molecule has 0 bridgehead atoms. The van der Waals surface area contributed by atoms with Crippen LogP contribution in [0.15, 0.2) is 121 Å². The molecule has 2 aromatic carbocycles. The van der Waals surface area contributed by atoms with Gasteiger partial charge in [0.25, 0.3) is 19.4 Å². The summed E-state index contributed by atoms with van der Waals surface area (Å²) in [5.41, 5.74) is 15.7. The average Bonchev–Trinajstić information content (AvgIpc) is 3.33. The first-order valence-electron chi connectivity index (χ1n) is 22.0. The molecule has 2 N–H and O–H groups in total. The maximum atomic E-state index is 10.8. The third kappa shape index (κ3) is 18.1. The van der Waals surface area contributed by atoms with Gasteiger partial charge in [0.1, 0.15) is 17.2 Å². The van der Waals surface area contributed by atoms with Crippen molar-refractivity contribution in [1.82, 2.24) is 19.9 Å². The number of nitrogens with one attached hydrogen (secondary N) is 2. The van der Waals surface area contributed by atoms with E-state index in [4.69, 9.17) is 30.8 Å². The summed E-state index contributed by atoms with van der Waals surface area (Å²) in [6.07, 6.45) is 14.3. The second-order valence-corrected chi connectivity index (χ2v) is 16.3. The molecular weight excluding hydrogens is 980 g/mol. The minimum absolute atomic E-state index is 0. The zero-order chi connectivity index (χ0) is 49.3. The Balaban J connectivity index is 0.000000357.